The van der Waals surface area contributed by atoms with Gasteiger partial charge >= 0.3 is 0 Å². The van der Waals surface area contributed by atoms with Gasteiger partial charge in [0, 0.05) is 51.0 Å². The number of carbonyl (C=O) groups is 1. The molecule has 4 rings (SSSR count). The molecule has 6 nitrogen and oxygen atoms in total. The molecule has 3 heterocycles. The van der Waals surface area contributed by atoms with Crippen LogP contribution in [0, 0.1) is 5.82 Å². The molecule has 2 aromatic rings. The Balaban J connectivity index is 1.36. The van der Waals surface area contributed by atoms with Gasteiger partial charge in [-0.1, -0.05) is 25.5 Å². The number of anilines is 1. The van der Waals surface area contributed by atoms with Crippen LogP contribution in [0.5, 0.6) is 0 Å². The smallest absolute Gasteiger partial charge is 0.257 e. The van der Waals surface area contributed by atoms with Crippen molar-refractivity contribution in [1.29, 1.82) is 0 Å². The number of rotatable bonds is 5. The monoisotopic (exact) mass is 399 g/mol. The lowest BCUT2D eigenvalue weighted by Crippen LogP contribution is -2.56. The van der Waals surface area contributed by atoms with Crippen LogP contribution in [0.2, 0.25) is 0 Å². The molecule has 0 aliphatic carbocycles. The van der Waals surface area contributed by atoms with Gasteiger partial charge in [-0.3, -0.25) is 14.8 Å². The Morgan fingerprint density at radius 1 is 1.21 bits per heavy atom. The number of carbonyl (C=O) groups excluding carboxylic acids is 1. The third-order valence-electron chi connectivity index (χ3n) is 6.16. The molecular formula is C22H30FN5O. The van der Waals surface area contributed by atoms with Gasteiger partial charge in [-0.15, -0.1) is 0 Å². The molecule has 1 atom stereocenters. The molecule has 0 spiro atoms. The summed E-state index contributed by atoms with van der Waals surface area (Å²) < 4.78 is 14.1. The van der Waals surface area contributed by atoms with Crippen LogP contribution < -0.4 is 4.90 Å². The maximum Gasteiger partial charge on any atom is 0.257 e. The normalized spacial score (nSPS) is 20.8. The number of aromatic nitrogens is 2. The number of hydrogen-bond acceptors (Lipinski definition) is 4. The van der Waals surface area contributed by atoms with Gasteiger partial charge in [0.25, 0.3) is 5.91 Å². The molecule has 0 saturated carbocycles. The molecule has 2 saturated heterocycles. The van der Waals surface area contributed by atoms with E-state index in [2.05, 4.69) is 26.9 Å². The van der Waals surface area contributed by atoms with E-state index < -0.39 is 0 Å². The Morgan fingerprint density at radius 3 is 2.76 bits per heavy atom. The first-order valence-electron chi connectivity index (χ1n) is 10.7. The second-order valence-electron chi connectivity index (χ2n) is 8.03. The van der Waals surface area contributed by atoms with Crippen molar-refractivity contribution < 1.29 is 9.18 Å². The van der Waals surface area contributed by atoms with Gasteiger partial charge < -0.3 is 9.80 Å². The average molecular weight is 400 g/mol. The fraction of sp³-hybridized carbons (Fsp3) is 0.545. The third-order valence-corrected chi connectivity index (χ3v) is 6.16. The van der Waals surface area contributed by atoms with Crippen LogP contribution in [-0.4, -0.2) is 71.2 Å². The Labute approximate surface area is 171 Å². The van der Waals surface area contributed by atoms with E-state index in [1.165, 1.54) is 6.07 Å². The van der Waals surface area contributed by atoms with Gasteiger partial charge in [0.15, 0.2) is 0 Å². The Hall–Kier alpha value is -2.41. The topological polar surface area (TPSA) is 55.5 Å². The van der Waals surface area contributed by atoms with Crippen molar-refractivity contribution in [3.05, 3.63) is 47.5 Å². The first kappa shape index (κ1) is 19.9. The van der Waals surface area contributed by atoms with Crippen molar-refractivity contribution in [1.82, 2.24) is 20.0 Å². The molecule has 156 valence electrons. The highest BCUT2D eigenvalue weighted by molar-refractivity contribution is 5.95. The number of para-hydroxylation sites is 1. The van der Waals surface area contributed by atoms with Crippen molar-refractivity contribution in [2.75, 3.05) is 44.2 Å². The van der Waals surface area contributed by atoms with Crippen molar-refractivity contribution in [2.45, 2.75) is 38.6 Å². The first-order chi connectivity index (χ1) is 14.2. The number of piperidine rings is 1. The zero-order chi connectivity index (χ0) is 20.2. The minimum atomic E-state index is -0.154. The van der Waals surface area contributed by atoms with Gasteiger partial charge in [0.2, 0.25) is 0 Å². The van der Waals surface area contributed by atoms with Crippen molar-refractivity contribution >= 4 is 11.6 Å². The number of benzene rings is 1. The van der Waals surface area contributed by atoms with Crippen molar-refractivity contribution in [2.24, 2.45) is 0 Å². The van der Waals surface area contributed by atoms with E-state index in [0.29, 0.717) is 11.7 Å². The number of aryl methyl sites for hydroxylation is 1. The number of likely N-dealkylation sites (tertiary alicyclic amines) is 1. The van der Waals surface area contributed by atoms with Crippen molar-refractivity contribution in [3.8, 4) is 0 Å². The molecule has 1 aromatic carbocycles. The molecule has 2 aliphatic rings. The summed E-state index contributed by atoms with van der Waals surface area (Å²) in [4.78, 5) is 19.6. The Bertz CT molecular complexity index is 830. The molecule has 0 unspecified atom stereocenters. The zero-order valence-corrected chi connectivity index (χ0v) is 17.1. The summed E-state index contributed by atoms with van der Waals surface area (Å²) in [6.07, 6.45) is 5.62. The number of piperazine rings is 1. The van der Waals surface area contributed by atoms with Gasteiger partial charge in [0.1, 0.15) is 5.82 Å². The van der Waals surface area contributed by atoms with Crippen molar-refractivity contribution in [3.63, 3.8) is 0 Å². The summed E-state index contributed by atoms with van der Waals surface area (Å²) in [5, 5.41) is 7.07. The lowest BCUT2D eigenvalue weighted by Gasteiger charge is -2.44. The molecular weight excluding hydrogens is 369 g/mol. The number of amides is 1. The number of halogens is 1. The number of nitrogens with zero attached hydrogens (tertiary/aromatic N) is 4. The van der Waals surface area contributed by atoms with Crippen LogP contribution in [0.25, 0.3) is 0 Å². The molecule has 0 bridgehead atoms. The largest absolute Gasteiger partial charge is 0.367 e. The maximum atomic E-state index is 14.1. The highest BCUT2D eigenvalue weighted by Crippen LogP contribution is 2.24. The van der Waals surface area contributed by atoms with Gasteiger partial charge in [-0.25, -0.2) is 4.39 Å². The standard InChI is InChI=1S/C22H30FN5O/c1-2-6-20-18(15-24-25-20)22(29)28-10-5-7-17(16-28)26-11-13-27(14-12-26)21-9-4-3-8-19(21)23/h3-4,8-9,15,17H,2,5-7,10-14,16H2,1H3,(H,24,25)/t17-/m1/s1. The lowest BCUT2D eigenvalue weighted by molar-refractivity contribution is 0.0562. The van der Waals surface area contributed by atoms with Crippen LogP contribution in [0.15, 0.2) is 30.5 Å². The fourth-order valence-electron chi connectivity index (χ4n) is 4.58. The van der Waals surface area contributed by atoms with E-state index >= 15 is 0 Å². The zero-order valence-electron chi connectivity index (χ0n) is 17.1. The van der Waals surface area contributed by atoms with E-state index in [0.717, 1.165) is 76.2 Å². The quantitative estimate of drug-likeness (QED) is 0.840. The Morgan fingerprint density at radius 2 is 2.00 bits per heavy atom. The van der Waals surface area contributed by atoms with E-state index in [9.17, 15) is 9.18 Å². The molecule has 1 N–H and O–H groups in total. The van der Waals surface area contributed by atoms with E-state index in [-0.39, 0.29) is 11.7 Å². The van der Waals surface area contributed by atoms with E-state index in [1.54, 1.807) is 12.3 Å². The SMILES string of the molecule is CCCc1[nH]ncc1C(=O)N1CCC[C@@H](N2CCN(c3ccccc3F)CC2)C1. The molecule has 1 amide bonds. The van der Waals surface area contributed by atoms with Crippen LogP contribution >= 0.6 is 0 Å². The number of nitrogens with one attached hydrogen (secondary N) is 1. The van der Waals surface area contributed by atoms with Crippen LogP contribution in [0.1, 0.15) is 42.2 Å². The Kier molecular flexibility index (Phi) is 6.13. The predicted octanol–water partition coefficient (Wildman–Crippen LogP) is 2.93. The second kappa shape index (κ2) is 8.95. The summed E-state index contributed by atoms with van der Waals surface area (Å²) in [7, 11) is 0. The minimum absolute atomic E-state index is 0.0943. The molecule has 0 radical (unpaired) electrons. The molecule has 1 aromatic heterocycles. The summed E-state index contributed by atoms with van der Waals surface area (Å²) in [6, 6.07) is 7.36. The predicted molar refractivity (Wildman–Crippen MR) is 112 cm³/mol. The highest BCUT2D eigenvalue weighted by atomic mass is 19.1. The van der Waals surface area contributed by atoms with Gasteiger partial charge in [-0.05, 0) is 31.4 Å². The second-order valence-corrected chi connectivity index (χ2v) is 8.03. The fourth-order valence-corrected chi connectivity index (χ4v) is 4.58. The highest BCUT2D eigenvalue weighted by Gasteiger charge is 2.31. The molecule has 29 heavy (non-hydrogen) atoms. The van der Waals surface area contributed by atoms with E-state index in [4.69, 9.17) is 0 Å². The minimum Gasteiger partial charge on any atom is -0.367 e. The molecule has 2 fully saturated rings. The van der Waals surface area contributed by atoms with Crippen LogP contribution in [0.3, 0.4) is 0 Å². The average Bonchev–Trinajstić information content (AvgIpc) is 3.22. The summed E-state index contributed by atoms with van der Waals surface area (Å²) in [5.41, 5.74) is 2.35. The summed E-state index contributed by atoms with van der Waals surface area (Å²) >= 11 is 0. The first-order valence-corrected chi connectivity index (χ1v) is 10.7. The lowest BCUT2D eigenvalue weighted by atomic mass is 10.0. The van der Waals surface area contributed by atoms with Crippen LogP contribution in [0.4, 0.5) is 10.1 Å². The van der Waals surface area contributed by atoms with Gasteiger partial charge in [-0.2, -0.15) is 5.10 Å². The van der Waals surface area contributed by atoms with E-state index in [1.807, 2.05) is 17.0 Å². The third kappa shape index (κ3) is 4.29. The van der Waals surface area contributed by atoms with Crippen LogP contribution in [-0.2, 0) is 6.42 Å². The summed E-state index contributed by atoms with van der Waals surface area (Å²) in [6.45, 7) is 7.09. The summed E-state index contributed by atoms with van der Waals surface area (Å²) in [5.74, 6) is -0.0599. The number of aromatic amines is 1. The molecule has 2 aliphatic heterocycles. The number of H-pyrrole nitrogens is 1. The van der Waals surface area contributed by atoms with Gasteiger partial charge in [0.05, 0.1) is 17.4 Å². The maximum absolute atomic E-state index is 14.1. The molecule has 7 heteroatoms. The number of hydrogen-bond donors (Lipinski definition) is 1.